The third kappa shape index (κ3) is 3.13. The minimum Gasteiger partial charge on any atom is -0.326 e. The first-order valence-electron chi connectivity index (χ1n) is 6.22. The number of hydrogen-bond donors (Lipinski definition) is 1. The number of hydrogen-bond acceptors (Lipinski definition) is 1. The molecule has 1 aliphatic rings. The zero-order valence-electron chi connectivity index (χ0n) is 11.2. The van der Waals surface area contributed by atoms with E-state index in [1.165, 1.54) is 5.56 Å². The summed E-state index contributed by atoms with van der Waals surface area (Å²) in [7, 11) is 0. The molecule has 1 fully saturated rings. The minimum atomic E-state index is -0.0934. The van der Waals surface area contributed by atoms with Crippen LogP contribution in [0.15, 0.2) is 34.8 Å². The van der Waals surface area contributed by atoms with Gasteiger partial charge >= 0.3 is 0 Å². The number of benzene rings is 1. The first-order chi connectivity index (χ1) is 8.82. The molecule has 0 unspecified atom stereocenters. The smallest absolute Gasteiger partial charge is 0.228 e. The highest BCUT2D eigenvalue weighted by atomic mass is 35.5. The van der Waals surface area contributed by atoms with Crippen molar-refractivity contribution in [2.75, 3.05) is 5.32 Å². The number of anilines is 1. The lowest BCUT2D eigenvalue weighted by Crippen LogP contribution is -2.16. The van der Waals surface area contributed by atoms with E-state index in [0.717, 1.165) is 5.69 Å². The molecule has 4 heteroatoms. The average Bonchev–Trinajstić information content (AvgIpc) is 2.83. The molecule has 0 radical (unpaired) electrons. The number of aryl methyl sites for hydroxylation is 1. The van der Waals surface area contributed by atoms with Gasteiger partial charge in [-0.1, -0.05) is 54.7 Å². The zero-order valence-corrected chi connectivity index (χ0v) is 12.7. The number of rotatable bonds is 3. The van der Waals surface area contributed by atoms with Crippen LogP contribution in [0.3, 0.4) is 0 Å². The largest absolute Gasteiger partial charge is 0.326 e. The fourth-order valence-corrected chi connectivity index (χ4v) is 2.75. The maximum atomic E-state index is 12.2. The Kier molecular flexibility index (Phi) is 3.93. The molecule has 0 saturated heterocycles. The number of halogens is 2. The van der Waals surface area contributed by atoms with Crippen LogP contribution < -0.4 is 5.32 Å². The normalized spacial score (nSPS) is 23.6. The highest BCUT2D eigenvalue weighted by molar-refractivity contribution is 6.55. The van der Waals surface area contributed by atoms with Gasteiger partial charge in [0.1, 0.15) is 4.49 Å². The van der Waals surface area contributed by atoms with E-state index in [-0.39, 0.29) is 27.6 Å². The second-order valence-corrected chi connectivity index (χ2v) is 6.64. The van der Waals surface area contributed by atoms with E-state index in [4.69, 9.17) is 23.2 Å². The Labute approximate surface area is 123 Å². The van der Waals surface area contributed by atoms with Crippen molar-refractivity contribution >= 4 is 34.8 Å². The molecule has 0 aliphatic heterocycles. The van der Waals surface area contributed by atoms with Gasteiger partial charge in [-0.15, -0.1) is 0 Å². The lowest BCUT2D eigenvalue weighted by Gasteiger charge is -2.06. The fourth-order valence-electron chi connectivity index (χ4n) is 2.48. The van der Waals surface area contributed by atoms with Crippen molar-refractivity contribution in [3.8, 4) is 0 Å². The molecular weight excluding hydrogens is 281 g/mol. The van der Waals surface area contributed by atoms with Crippen LogP contribution in [0.5, 0.6) is 0 Å². The molecule has 2 atom stereocenters. The summed E-state index contributed by atoms with van der Waals surface area (Å²) in [5, 5.41) is 2.94. The van der Waals surface area contributed by atoms with Crippen LogP contribution in [0.4, 0.5) is 5.69 Å². The summed E-state index contributed by atoms with van der Waals surface area (Å²) in [4.78, 5) is 12.2. The van der Waals surface area contributed by atoms with Crippen molar-refractivity contribution in [2.45, 2.75) is 20.8 Å². The molecule has 1 aliphatic carbocycles. The maximum absolute atomic E-state index is 12.2. The lowest BCUT2D eigenvalue weighted by molar-refractivity contribution is -0.118. The van der Waals surface area contributed by atoms with Gasteiger partial charge in [0, 0.05) is 5.69 Å². The van der Waals surface area contributed by atoms with E-state index >= 15 is 0 Å². The first kappa shape index (κ1) is 14.4. The second-order valence-electron chi connectivity index (χ2n) is 5.64. The molecule has 2 rings (SSSR count). The van der Waals surface area contributed by atoms with Crippen LogP contribution in [-0.2, 0) is 4.79 Å². The summed E-state index contributed by atoms with van der Waals surface area (Å²) in [6, 6.07) is 7.76. The lowest BCUT2D eigenvalue weighted by atomic mass is 10.1. The van der Waals surface area contributed by atoms with Crippen molar-refractivity contribution in [1.29, 1.82) is 0 Å². The quantitative estimate of drug-likeness (QED) is 0.873. The predicted molar refractivity (Wildman–Crippen MR) is 80.4 cm³/mol. The Morgan fingerprint density at radius 3 is 2.37 bits per heavy atom. The van der Waals surface area contributed by atoms with Crippen LogP contribution in [0.2, 0.25) is 0 Å². The van der Waals surface area contributed by atoms with Gasteiger partial charge in [-0.05, 0) is 36.5 Å². The van der Waals surface area contributed by atoms with Crippen LogP contribution >= 0.6 is 23.2 Å². The van der Waals surface area contributed by atoms with Crippen molar-refractivity contribution in [2.24, 2.45) is 17.3 Å². The Bertz CT molecular complexity index is 515. The second kappa shape index (κ2) is 5.18. The molecule has 1 amide bonds. The van der Waals surface area contributed by atoms with E-state index in [1.54, 1.807) is 6.08 Å². The molecule has 0 heterocycles. The summed E-state index contributed by atoms with van der Waals surface area (Å²) in [5.41, 5.74) is 1.89. The molecule has 19 heavy (non-hydrogen) atoms. The molecule has 2 nitrogen and oxygen atoms in total. The van der Waals surface area contributed by atoms with Gasteiger partial charge in [-0.25, -0.2) is 0 Å². The highest BCUT2D eigenvalue weighted by Gasteiger charge is 2.60. The van der Waals surface area contributed by atoms with Gasteiger partial charge in [-0.2, -0.15) is 0 Å². The average molecular weight is 298 g/mol. The molecule has 0 bridgehead atoms. The first-order valence-corrected chi connectivity index (χ1v) is 6.98. The summed E-state index contributed by atoms with van der Waals surface area (Å²) in [5.74, 6) is 0.0361. The SMILES string of the molecule is Cc1ccc(NC(=O)[C@@H]2[C@@H](C=C(Cl)Cl)C2(C)C)cc1. The van der Waals surface area contributed by atoms with E-state index in [2.05, 4.69) is 5.32 Å². The number of nitrogens with one attached hydrogen (secondary N) is 1. The molecule has 102 valence electrons. The number of amides is 1. The van der Waals surface area contributed by atoms with Gasteiger partial charge in [0.15, 0.2) is 0 Å². The van der Waals surface area contributed by atoms with Crippen molar-refractivity contribution in [3.05, 3.63) is 40.4 Å². The van der Waals surface area contributed by atoms with E-state index in [0.29, 0.717) is 0 Å². The van der Waals surface area contributed by atoms with Gasteiger partial charge in [0.2, 0.25) is 5.91 Å². The van der Waals surface area contributed by atoms with Crippen LogP contribution in [0.1, 0.15) is 19.4 Å². The third-order valence-corrected chi connectivity index (χ3v) is 4.07. The molecule has 1 aromatic carbocycles. The molecule has 0 spiro atoms. The molecule has 0 aromatic heterocycles. The minimum absolute atomic E-state index is 0.0182. The summed E-state index contributed by atoms with van der Waals surface area (Å²) < 4.78 is 0.226. The van der Waals surface area contributed by atoms with Crippen LogP contribution in [-0.4, -0.2) is 5.91 Å². The molecule has 1 aromatic rings. The van der Waals surface area contributed by atoms with Crippen LogP contribution in [0.25, 0.3) is 0 Å². The fraction of sp³-hybridized carbons (Fsp3) is 0.400. The van der Waals surface area contributed by atoms with Crippen molar-refractivity contribution in [1.82, 2.24) is 0 Å². The zero-order chi connectivity index (χ0) is 14.2. The monoisotopic (exact) mass is 297 g/mol. The van der Waals surface area contributed by atoms with E-state index < -0.39 is 0 Å². The summed E-state index contributed by atoms with van der Waals surface area (Å²) >= 11 is 11.4. The highest BCUT2D eigenvalue weighted by Crippen LogP contribution is 2.59. The van der Waals surface area contributed by atoms with Gasteiger partial charge in [-0.3, -0.25) is 4.79 Å². The van der Waals surface area contributed by atoms with Gasteiger partial charge in [0.05, 0.1) is 5.92 Å². The predicted octanol–water partition coefficient (Wildman–Crippen LogP) is 4.52. The topological polar surface area (TPSA) is 29.1 Å². The summed E-state index contributed by atoms with van der Waals surface area (Å²) in [6.07, 6.45) is 1.75. The van der Waals surface area contributed by atoms with Crippen molar-refractivity contribution < 1.29 is 4.79 Å². The molecule has 1 N–H and O–H groups in total. The van der Waals surface area contributed by atoms with Gasteiger partial charge in [0.25, 0.3) is 0 Å². The number of allylic oxidation sites excluding steroid dienone is 1. The van der Waals surface area contributed by atoms with E-state index in [9.17, 15) is 4.79 Å². The van der Waals surface area contributed by atoms with E-state index in [1.807, 2.05) is 45.0 Å². The Hall–Kier alpha value is -0.990. The molecule has 1 saturated carbocycles. The van der Waals surface area contributed by atoms with Crippen LogP contribution in [0, 0.1) is 24.2 Å². The Balaban J connectivity index is 2.05. The van der Waals surface area contributed by atoms with Gasteiger partial charge < -0.3 is 5.32 Å². The molecular formula is C15H17Cl2NO. The Morgan fingerprint density at radius 1 is 1.26 bits per heavy atom. The third-order valence-electron chi connectivity index (χ3n) is 3.82. The standard InChI is InChI=1S/C15H17Cl2NO/c1-9-4-6-10(7-5-9)18-14(19)13-11(8-12(16)17)15(13,2)3/h4-8,11,13H,1-3H3,(H,18,19)/t11-,13+/m1/s1. The Morgan fingerprint density at radius 2 is 1.84 bits per heavy atom. The van der Waals surface area contributed by atoms with Crippen molar-refractivity contribution in [3.63, 3.8) is 0 Å². The summed E-state index contributed by atoms with van der Waals surface area (Å²) in [6.45, 7) is 6.10. The number of carbonyl (C=O) groups is 1. The maximum Gasteiger partial charge on any atom is 0.228 e. The number of carbonyl (C=O) groups excluding carboxylic acids is 1.